The van der Waals surface area contributed by atoms with Gasteiger partial charge in [-0.1, -0.05) is 48.0 Å². The van der Waals surface area contributed by atoms with Crippen LogP contribution in [0.15, 0.2) is 91.4 Å². The molecule has 3 aromatic heterocycles. The molecule has 0 aliphatic rings. The predicted molar refractivity (Wildman–Crippen MR) is 150 cm³/mol. The number of benzene rings is 3. The number of fused-ring (bicyclic) bond motifs is 2. The van der Waals surface area contributed by atoms with Crippen molar-refractivity contribution >= 4 is 51.2 Å². The topological polar surface area (TPSA) is 128 Å². The van der Waals surface area contributed by atoms with Crippen molar-refractivity contribution < 1.29 is 9.59 Å². The van der Waals surface area contributed by atoms with Gasteiger partial charge in [-0.15, -0.1) is 0 Å². The summed E-state index contributed by atoms with van der Waals surface area (Å²) in [4.78, 5) is 45.7. The van der Waals surface area contributed by atoms with Crippen LogP contribution >= 0.6 is 11.6 Å². The van der Waals surface area contributed by atoms with E-state index in [4.69, 9.17) is 11.6 Å². The molecule has 0 radical (unpaired) electrons. The first-order chi connectivity index (χ1) is 19.0. The predicted octanol–water partition coefficient (Wildman–Crippen LogP) is 5.13. The van der Waals surface area contributed by atoms with Crippen LogP contribution in [-0.4, -0.2) is 42.8 Å². The Balaban J connectivity index is 1.25. The monoisotopic (exact) mass is 535 g/mol. The Morgan fingerprint density at radius 1 is 0.949 bits per heavy atom. The van der Waals surface area contributed by atoms with Gasteiger partial charge in [-0.05, 0) is 47.3 Å². The first-order valence-electron chi connectivity index (χ1n) is 12.2. The third-order valence-electron chi connectivity index (χ3n) is 6.31. The van der Waals surface area contributed by atoms with E-state index in [9.17, 15) is 9.59 Å². The number of amides is 2. The number of carbonyl (C=O) groups is 2. The summed E-state index contributed by atoms with van der Waals surface area (Å²) in [6.07, 6.45) is 5.17. The maximum Gasteiger partial charge on any atom is 0.252 e. The Hall–Kier alpha value is -5.02. The van der Waals surface area contributed by atoms with Crippen LogP contribution in [0.3, 0.4) is 0 Å². The summed E-state index contributed by atoms with van der Waals surface area (Å²) >= 11 is 6.14. The molecule has 0 saturated carbocycles. The fourth-order valence-electron chi connectivity index (χ4n) is 4.37. The number of carbonyl (C=O) groups excluding carboxylic acids is 2. The highest BCUT2D eigenvalue weighted by Crippen LogP contribution is 2.23. The van der Waals surface area contributed by atoms with Crippen LogP contribution in [0.25, 0.3) is 33.3 Å². The Morgan fingerprint density at radius 2 is 1.82 bits per heavy atom. The van der Waals surface area contributed by atoms with Crippen molar-refractivity contribution in [2.24, 2.45) is 0 Å². The average Bonchev–Trinajstić information content (AvgIpc) is 3.62. The number of nitrogens with zero attached hydrogens (tertiary/aromatic N) is 3. The second-order valence-corrected chi connectivity index (χ2v) is 9.46. The normalized spacial score (nSPS) is 11.9. The standard InChI is InChI=1S/C29H22ClN7O2/c30-21-7-3-4-17(12-21)13-25(28(39)37-29-31-10-11-32-29)36-27(38)19-8-9-22-23(15-19)35-26(34-22)24-14-18-5-1-2-6-20(18)16-33-24/h1-12,14-16,25H,13H2,(H,34,35)(H,36,38)(H2,31,32,37,39)/t25-/m0/s1. The molecular weight excluding hydrogens is 514 g/mol. The number of aromatic nitrogens is 5. The largest absolute Gasteiger partial charge is 0.340 e. The molecule has 192 valence electrons. The van der Waals surface area contributed by atoms with E-state index in [0.717, 1.165) is 21.9 Å². The number of H-pyrrole nitrogens is 2. The summed E-state index contributed by atoms with van der Waals surface area (Å²) in [5.41, 5.74) is 3.25. The summed E-state index contributed by atoms with van der Waals surface area (Å²) in [7, 11) is 0. The van der Waals surface area contributed by atoms with Crippen molar-refractivity contribution in [1.29, 1.82) is 0 Å². The van der Waals surface area contributed by atoms with E-state index in [1.54, 1.807) is 42.6 Å². The lowest BCUT2D eigenvalue weighted by atomic mass is 10.0. The van der Waals surface area contributed by atoms with Gasteiger partial charge >= 0.3 is 0 Å². The third-order valence-corrected chi connectivity index (χ3v) is 6.54. The molecule has 0 saturated heterocycles. The van der Waals surface area contributed by atoms with Crippen LogP contribution < -0.4 is 10.6 Å². The Kier molecular flexibility index (Phi) is 6.48. The molecule has 0 aliphatic heterocycles. The van der Waals surface area contributed by atoms with E-state index >= 15 is 0 Å². The second-order valence-electron chi connectivity index (χ2n) is 9.02. The Morgan fingerprint density at radius 3 is 2.64 bits per heavy atom. The Bertz CT molecular complexity index is 1810. The highest BCUT2D eigenvalue weighted by molar-refractivity contribution is 6.30. The molecule has 0 unspecified atom stereocenters. The van der Waals surface area contributed by atoms with Gasteiger partial charge in [0.2, 0.25) is 11.9 Å². The molecule has 39 heavy (non-hydrogen) atoms. The molecule has 4 N–H and O–H groups in total. The van der Waals surface area contributed by atoms with Gasteiger partial charge in [0.25, 0.3) is 5.91 Å². The molecule has 0 fully saturated rings. The minimum absolute atomic E-state index is 0.237. The van der Waals surface area contributed by atoms with Crippen LogP contribution in [0.4, 0.5) is 5.95 Å². The zero-order valence-electron chi connectivity index (χ0n) is 20.5. The molecule has 10 heteroatoms. The van der Waals surface area contributed by atoms with E-state index in [-0.39, 0.29) is 12.4 Å². The van der Waals surface area contributed by atoms with Crippen molar-refractivity contribution in [2.75, 3.05) is 5.32 Å². The van der Waals surface area contributed by atoms with Gasteiger partial charge < -0.3 is 15.3 Å². The molecule has 6 aromatic rings. The number of hydrogen-bond donors (Lipinski definition) is 4. The molecule has 0 aliphatic carbocycles. The number of anilines is 1. The lowest BCUT2D eigenvalue weighted by molar-refractivity contribution is -0.118. The molecule has 9 nitrogen and oxygen atoms in total. The van der Waals surface area contributed by atoms with Gasteiger partial charge in [0, 0.05) is 41.0 Å². The quantitative estimate of drug-likeness (QED) is 0.225. The number of nitrogens with one attached hydrogen (secondary N) is 4. The average molecular weight is 536 g/mol. The van der Waals surface area contributed by atoms with Gasteiger partial charge in [-0.2, -0.15) is 0 Å². The van der Waals surface area contributed by atoms with Crippen LogP contribution in [-0.2, 0) is 11.2 Å². The van der Waals surface area contributed by atoms with Crippen LogP contribution in [0.5, 0.6) is 0 Å². The fraction of sp³-hybridized carbons (Fsp3) is 0.0690. The third kappa shape index (κ3) is 5.34. The zero-order chi connectivity index (χ0) is 26.8. The molecule has 0 bridgehead atoms. The van der Waals surface area contributed by atoms with E-state index in [2.05, 4.69) is 35.6 Å². The lowest BCUT2D eigenvalue weighted by Gasteiger charge is -2.18. The van der Waals surface area contributed by atoms with Gasteiger partial charge in [0.15, 0.2) is 5.82 Å². The molecule has 2 amide bonds. The summed E-state index contributed by atoms with van der Waals surface area (Å²) in [6, 6.07) is 21.4. The molecular formula is C29H22ClN7O2. The van der Waals surface area contributed by atoms with Crippen molar-refractivity contribution in [3.05, 3.63) is 108 Å². The molecule has 3 heterocycles. The van der Waals surface area contributed by atoms with Gasteiger partial charge in [-0.3, -0.25) is 19.9 Å². The minimum Gasteiger partial charge on any atom is -0.340 e. The van der Waals surface area contributed by atoms with Gasteiger partial charge in [-0.25, -0.2) is 9.97 Å². The first-order valence-corrected chi connectivity index (χ1v) is 12.6. The Labute approximate surface area is 227 Å². The summed E-state index contributed by atoms with van der Waals surface area (Å²) in [5.74, 6) is 0.0683. The maximum atomic E-state index is 13.3. The van der Waals surface area contributed by atoms with E-state index < -0.39 is 17.9 Å². The molecule has 0 spiro atoms. The van der Waals surface area contributed by atoms with Crippen molar-refractivity contribution in [3.8, 4) is 11.5 Å². The smallest absolute Gasteiger partial charge is 0.252 e. The zero-order valence-corrected chi connectivity index (χ0v) is 21.2. The number of halogens is 1. The van der Waals surface area contributed by atoms with Crippen molar-refractivity contribution in [1.82, 2.24) is 30.2 Å². The minimum atomic E-state index is -0.881. The number of aromatic amines is 2. The van der Waals surface area contributed by atoms with Crippen molar-refractivity contribution in [2.45, 2.75) is 12.5 Å². The second kappa shape index (κ2) is 10.4. The first kappa shape index (κ1) is 24.3. The summed E-state index contributed by atoms with van der Waals surface area (Å²) in [5, 5.41) is 8.20. The highest BCUT2D eigenvalue weighted by atomic mass is 35.5. The molecule has 3 aromatic carbocycles. The number of hydrogen-bond acceptors (Lipinski definition) is 5. The summed E-state index contributed by atoms with van der Waals surface area (Å²) in [6.45, 7) is 0. The highest BCUT2D eigenvalue weighted by Gasteiger charge is 2.23. The SMILES string of the molecule is O=C(N[C@@H](Cc1cccc(Cl)c1)C(=O)Nc1ncc[nH]1)c1ccc2[nH]c(-c3cc4ccccc4cn3)nc2c1. The van der Waals surface area contributed by atoms with Gasteiger partial charge in [0.05, 0.1) is 11.0 Å². The number of pyridine rings is 1. The van der Waals surface area contributed by atoms with Crippen molar-refractivity contribution in [3.63, 3.8) is 0 Å². The number of rotatable bonds is 7. The molecule has 1 atom stereocenters. The van der Waals surface area contributed by atoms with Crippen LogP contribution in [0, 0.1) is 0 Å². The summed E-state index contributed by atoms with van der Waals surface area (Å²) < 4.78 is 0. The fourth-order valence-corrected chi connectivity index (χ4v) is 4.58. The van der Waals surface area contributed by atoms with Crippen LogP contribution in [0.1, 0.15) is 15.9 Å². The maximum absolute atomic E-state index is 13.3. The van der Waals surface area contributed by atoms with Gasteiger partial charge in [0.1, 0.15) is 11.7 Å². The number of imidazole rings is 2. The van der Waals surface area contributed by atoms with E-state index in [1.807, 2.05) is 42.6 Å². The van der Waals surface area contributed by atoms with E-state index in [1.165, 1.54) is 6.20 Å². The van der Waals surface area contributed by atoms with E-state index in [0.29, 0.717) is 27.6 Å². The lowest BCUT2D eigenvalue weighted by Crippen LogP contribution is -2.45. The molecule has 6 rings (SSSR count). The van der Waals surface area contributed by atoms with Crippen LogP contribution in [0.2, 0.25) is 5.02 Å².